The van der Waals surface area contributed by atoms with Crippen molar-refractivity contribution < 1.29 is 8.91 Å². The van der Waals surface area contributed by atoms with E-state index in [0.29, 0.717) is 25.0 Å². The van der Waals surface area contributed by atoms with Gasteiger partial charge in [-0.15, -0.1) is 0 Å². The maximum Gasteiger partial charge on any atom is 0.191 e. The fourth-order valence-corrected chi connectivity index (χ4v) is 2.89. The van der Waals surface area contributed by atoms with Crippen molar-refractivity contribution in [3.05, 3.63) is 52.7 Å². The zero-order valence-electron chi connectivity index (χ0n) is 15.1. The SMILES string of the molecule is CN=C(NCc1cc(C(C)C)no1)NCc1ccc(F)cc1CSC. The Morgan fingerprint density at radius 1 is 1.24 bits per heavy atom. The first kappa shape index (κ1) is 19.3. The molecule has 7 heteroatoms. The molecule has 1 heterocycles. The van der Waals surface area contributed by atoms with Gasteiger partial charge in [0.25, 0.3) is 0 Å². The standard InChI is InChI=1S/C18H25FN4OS/c1-12(2)17-8-16(24-23-17)10-22-18(20-3)21-9-13-5-6-15(19)7-14(13)11-25-4/h5-8,12H,9-11H2,1-4H3,(H2,20,21,22). The summed E-state index contributed by atoms with van der Waals surface area (Å²) in [7, 11) is 1.71. The minimum Gasteiger partial charge on any atom is -0.359 e. The summed E-state index contributed by atoms with van der Waals surface area (Å²) in [5.41, 5.74) is 2.99. The molecular formula is C18H25FN4OS. The lowest BCUT2D eigenvalue weighted by atomic mass is 10.1. The highest BCUT2D eigenvalue weighted by Crippen LogP contribution is 2.17. The lowest BCUT2D eigenvalue weighted by molar-refractivity contribution is 0.372. The Bertz CT molecular complexity index is 715. The molecule has 0 spiro atoms. The summed E-state index contributed by atoms with van der Waals surface area (Å²) in [5.74, 6) is 2.32. The summed E-state index contributed by atoms with van der Waals surface area (Å²) in [6.07, 6.45) is 2.01. The predicted molar refractivity (Wildman–Crippen MR) is 101 cm³/mol. The molecule has 0 aliphatic carbocycles. The lowest BCUT2D eigenvalue weighted by Gasteiger charge is -2.13. The molecule has 0 aliphatic rings. The van der Waals surface area contributed by atoms with Crippen LogP contribution in [0.1, 0.15) is 42.3 Å². The third-order valence-electron chi connectivity index (χ3n) is 3.74. The monoisotopic (exact) mass is 364 g/mol. The Morgan fingerprint density at radius 2 is 2.00 bits per heavy atom. The number of nitrogens with zero attached hydrogens (tertiary/aromatic N) is 2. The number of hydrogen-bond acceptors (Lipinski definition) is 4. The molecule has 0 aliphatic heterocycles. The fourth-order valence-electron chi connectivity index (χ4n) is 2.31. The van der Waals surface area contributed by atoms with Crippen molar-refractivity contribution in [3.8, 4) is 0 Å². The Labute approximate surface area is 152 Å². The zero-order chi connectivity index (χ0) is 18.2. The van der Waals surface area contributed by atoms with Gasteiger partial charge in [-0.3, -0.25) is 4.99 Å². The van der Waals surface area contributed by atoms with Gasteiger partial charge >= 0.3 is 0 Å². The van der Waals surface area contributed by atoms with E-state index >= 15 is 0 Å². The van der Waals surface area contributed by atoms with Crippen molar-refractivity contribution in [1.29, 1.82) is 0 Å². The summed E-state index contributed by atoms with van der Waals surface area (Å²) < 4.78 is 18.7. The second kappa shape index (κ2) is 9.46. The molecule has 2 N–H and O–H groups in total. The van der Waals surface area contributed by atoms with E-state index in [4.69, 9.17) is 4.52 Å². The van der Waals surface area contributed by atoms with Crippen LogP contribution in [0.4, 0.5) is 4.39 Å². The zero-order valence-corrected chi connectivity index (χ0v) is 15.9. The average molecular weight is 364 g/mol. The van der Waals surface area contributed by atoms with E-state index in [9.17, 15) is 4.39 Å². The molecule has 0 radical (unpaired) electrons. The van der Waals surface area contributed by atoms with Gasteiger partial charge in [-0.2, -0.15) is 11.8 Å². The summed E-state index contributed by atoms with van der Waals surface area (Å²) >= 11 is 1.67. The van der Waals surface area contributed by atoms with Crippen LogP contribution in [0.2, 0.25) is 0 Å². The largest absolute Gasteiger partial charge is 0.359 e. The molecule has 2 rings (SSSR count). The highest BCUT2D eigenvalue weighted by atomic mass is 32.2. The quantitative estimate of drug-likeness (QED) is 0.580. The molecule has 1 aromatic carbocycles. The van der Waals surface area contributed by atoms with E-state index < -0.39 is 0 Å². The first-order valence-electron chi connectivity index (χ1n) is 8.19. The first-order chi connectivity index (χ1) is 12.0. The second-order valence-electron chi connectivity index (χ2n) is 6.00. The van der Waals surface area contributed by atoms with Crippen LogP contribution in [0, 0.1) is 5.82 Å². The van der Waals surface area contributed by atoms with Crippen LogP contribution in [0.15, 0.2) is 33.8 Å². The normalized spacial score (nSPS) is 11.8. The molecule has 25 heavy (non-hydrogen) atoms. The molecule has 2 aromatic rings. The number of aromatic nitrogens is 1. The molecule has 0 fully saturated rings. The molecule has 0 bridgehead atoms. The van der Waals surface area contributed by atoms with E-state index in [1.54, 1.807) is 24.9 Å². The van der Waals surface area contributed by atoms with Crippen LogP contribution in [-0.4, -0.2) is 24.4 Å². The van der Waals surface area contributed by atoms with Gasteiger partial charge in [0.2, 0.25) is 0 Å². The van der Waals surface area contributed by atoms with E-state index in [2.05, 4.69) is 34.6 Å². The Balaban J connectivity index is 1.92. The van der Waals surface area contributed by atoms with Crippen LogP contribution >= 0.6 is 11.8 Å². The number of thioether (sulfide) groups is 1. The molecule has 0 saturated carbocycles. The number of guanidine groups is 1. The molecule has 0 amide bonds. The van der Waals surface area contributed by atoms with Crippen molar-refractivity contribution in [2.24, 2.45) is 4.99 Å². The van der Waals surface area contributed by atoms with Gasteiger partial charge in [-0.25, -0.2) is 4.39 Å². The summed E-state index contributed by atoms with van der Waals surface area (Å²) in [6.45, 7) is 5.22. The van der Waals surface area contributed by atoms with E-state index in [0.717, 1.165) is 28.3 Å². The highest BCUT2D eigenvalue weighted by molar-refractivity contribution is 7.97. The summed E-state index contributed by atoms with van der Waals surface area (Å²) in [6, 6.07) is 6.83. The molecule has 1 aromatic heterocycles. The highest BCUT2D eigenvalue weighted by Gasteiger charge is 2.09. The fraction of sp³-hybridized carbons (Fsp3) is 0.444. The third-order valence-corrected chi connectivity index (χ3v) is 4.34. The Hall–Kier alpha value is -2.02. The van der Waals surface area contributed by atoms with Crippen molar-refractivity contribution in [3.63, 3.8) is 0 Å². The van der Waals surface area contributed by atoms with Gasteiger partial charge < -0.3 is 15.2 Å². The van der Waals surface area contributed by atoms with Gasteiger partial charge in [-0.1, -0.05) is 25.1 Å². The van der Waals surface area contributed by atoms with E-state index in [1.165, 1.54) is 6.07 Å². The van der Waals surface area contributed by atoms with Crippen LogP contribution < -0.4 is 10.6 Å². The maximum atomic E-state index is 13.4. The smallest absolute Gasteiger partial charge is 0.191 e. The predicted octanol–water partition coefficient (Wildman–Crippen LogP) is 3.67. The van der Waals surface area contributed by atoms with Crippen molar-refractivity contribution in [2.75, 3.05) is 13.3 Å². The number of hydrogen-bond donors (Lipinski definition) is 2. The second-order valence-corrected chi connectivity index (χ2v) is 6.86. The van der Waals surface area contributed by atoms with Gasteiger partial charge in [-0.05, 0) is 35.4 Å². The molecule has 0 unspecified atom stereocenters. The van der Waals surface area contributed by atoms with Crippen molar-refractivity contribution in [2.45, 2.75) is 38.6 Å². The minimum absolute atomic E-state index is 0.207. The average Bonchev–Trinajstić information content (AvgIpc) is 3.06. The van der Waals surface area contributed by atoms with Crippen LogP contribution in [0.3, 0.4) is 0 Å². The number of benzene rings is 1. The number of nitrogens with one attached hydrogen (secondary N) is 2. The van der Waals surface area contributed by atoms with Gasteiger partial charge in [0.1, 0.15) is 5.82 Å². The lowest BCUT2D eigenvalue weighted by Crippen LogP contribution is -2.36. The summed E-state index contributed by atoms with van der Waals surface area (Å²) in [4.78, 5) is 4.21. The Morgan fingerprint density at radius 3 is 2.64 bits per heavy atom. The topological polar surface area (TPSA) is 62.5 Å². The maximum absolute atomic E-state index is 13.4. The first-order valence-corrected chi connectivity index (χ1v) is 9.59. The molecule has 0 saturated heterocycles. The molecule has 5 nitrogen and oxygen atoms in total. The van der Waals surface area contributed by atoms with E-state index in [-0.39, 0.29) is 5.82 Å². The van der Waals surface area contributed by atoms with Crippen molar-refractivity contribution >= 4 is 17.7 Å². The molecule has 0 atom stereocenters. The summed E-state index contributed by atoms with van der Waals surface area (Å²) in [5, 5.41) is 10.5. The molecule has 136 valence electrons. The number of aliphatic imine (C=N–C) groups is 1. The van der Waals surface area contributed by atoms with Crippen molar-refractivity contribution in [1.82, 2.24) is 15.8 Å². The van der Waals surface area contributed by atoms with Gasteiger partial charge in [0, 0.05) is 25.4 Å². The van der Waals surface area contributed by atoms with E-state index in [1.807, 2.05) is 18.4 Å². The number of halogens is 1. The Kier molecular flexibility index (Phi) is 7.31. The van der Waals surface area contributed by atoms with Gasteiger partial charge in [0.05, 0.1) is 12.2 Å². The van der Waals surface area contributed by atoms with Crippen LogP contribution in [0.25, 0.3) is 0 Å². The number of rotatable bonds is 7. The van der Waals surface area contributed by atoms with Crippen LogP contribution in [-0.2, 0) is 18.8 Å². The third kappa shape index (κ3) is 5.77. The van der Waals surface area contributed by atoms with Gasteiger partial charge in [0.15, 0.2) is 11.7 Å². The molecular weight excluding hydrogens is 339 g/mol. The minimum atomic E-state index is -0.207. The van der Waals surface area contributed by atoms with Crippen LogP contribution in [0.5, 0.6) is 0 Å².